The molecule has 1 aliphatic heterocycles. The van der Waals surface area contributed by atoms with Gasteiger partial charge in [0.25, 0.3) is 0 Å². The van der Waals surface area contributed by atoms with E-state index in [-0.39, 0.29) is 14.8 Å². The van der Waals surface area contributed by atoms with Gasteiger partial charge in [-0.3, -0.25) is 0 Å². The third-order valence-corrected chi connectivity index (χ3v) is 6.75. The van der Waals surface area contributed by atoms with Crippen molar-refractivity contribution >= 4 is 31.5 Å². The maximum atomic E-state index is 12.5. The maximum absolute atomic E-state index is 12.5. The Hall–Kier alpha value is -0.630. The van der Waals surface area contributed by atoms with Crippen molar-refractivity contribution in [2.75, 3.05) is 19.3 Å². The summed E-state index contributed by atoms with van der Waals surface area (Å²) in [5.41, 5.74) is 0. The zero-order valence-electron chi connectivity index (χ0n) is 11.0. The lowest BCUT2D eigenvalue weighted by molar-refractivity contribution is 0.346. The van der Waals surface area contributed by atoms with Gasteiger partial charge in [-0.1, -0.05) is 18.0 Å². The second kappa shape index (κ2) is 5.63. The highest BCUT2D eigenvalue weighted by Gasteiger charge is 2.28. The molecule has 0 N–H and O–H groups in total. The summed E-state index contributed by atoms with van der Waals surface area (Å²) in [7, 11) is -7.21. The molecular weight excluding hydrogens is 322 g/mol. The summed E-state index contributed by atoms with van der Waals surface area (Å²) in [4.78, 5) is -0.179. The topological polar surface area (TPSA) is 71.5 Å². The highest BCUT2D eigenvalue weighted by molar-refractivity contribution is 7.91. The first kappa shape index (κ1) is 15.8. The number of piperidine rings is 1. The number of nitrogens with zero attached hydrogens (tertiary/aromatic N) is 1. The fraction of sp³-hybridized carbons (Fsp3) is 0.500. The number of sulfone groups is 1. The summed E-state index contributed by atoms with van der Waals surface area (Å²) in [5, 5.41) is 0.0444. The van der Waals surface area contributed by atoms with Crippen molar-refractivity contribution in [2.24, 2.45) is 0 Å². The summed E-state index contributed by atoms with van der Waals surface area (Å²) < 4.78 is 49.5. The van der Waals surface area contributed by atoms with Crippen molar-refractivity contribution in [2.45, 2.75) is 29.1 Å². The predicted molar refractivity (Wildman–Crippen MR) is 77.2 cm³/mol. The second-order valence-corrected chi connectivity index (χ2v) is 9.16. The van der Waals surface area contributed by atoms with Crippen LogP contribution >= 0.6 is 11.6 Å². The van der Waals surface area contributed by atoms with Crippen molar-refractivity contribution < 1.29 is 16.8 Å². The van der Waals surface area contributed by atoms with E-state index < -0.39 is 19.9 Å². The van der Waals surface area contributed by atoms with Crippen LogP contribution in [0.25, 0.3) is 0 Å². The van der Waals surface area contributed by atoms with Gasteiger partial charge in [0.15, 0.2) is 9.84 Å². The van der Waals surface area contributed by atoms with Crippen LogP contribution in [0.15, 0.2) is 28.0 Å². The SMILES string of the molecule is CS(=O)(=O)c1ccc(Cl)c(S(=O)(=O)N2CCCCC2)c1. The van der Waals surface area contributed by atoms with Crippen LogP contribution in [0, 0.1) is 0 Å². The van der Waals surface area contributed by atoms with E-state index in [0.29, 0.717) is 13.1 Å². The molecule has 1 aromatic carbocycles. The Balaban J connectivity index is 2.50. The third kappa shape index (κ3) is 3.16. The minimum absolute atomic E-state index is 0.0440. The molecule has 0 amide bonds. The van der Waals surface area contributed by atoms with Crippen LogP contribution in [0.3, 0.4) is 0 Å². The minimum Gasteiger partial charge on any atom is -0.224 e. The van der Waals surface area contributed by atoms with E-state index in [9.17, 15) is 16.8 Å². The summed E-state index contributed by atoms with van der Waals surface area (Å²) in [6.07, 6.45) is 3.65. The quantitative estimate of drug-likeness (QED) is 0.844. The monoisotopic (exact) mass is 337 g/mol. The first-order chi connectivity index (χ1) is 9.23. The molecule has 1 aromatic rings. The molecule has 0 saturated carbocycles. The molecule has 2 rings (SSSR count). The lowest BCUT2D eigenvalue weighted by Crippen LogP contribution is -2.35. The Labute approximate surface area is 124 Å². The molecule has 0 unspecified atom stereocenters. The van der Waals surface area contributed by atoms with Crippen molar-refractivity contribution in [3.8, 4) is 0 Å². The predicted octanol–water partition coefficient (Wildman–Crippen LogP) is 1.92. The number of rotatable bonds is 3. The minimum atomic E-state index is -3.74. The maximum Gasteiger partial charge on any atom is 0.244 e. The molecule has 0 aromatic heterocycles. The van der Waals surface area contributed by atoms with E-state index in [1.165, 1.54) is 16.4 Å². The molecule has 1 fully saturated rings. The Morgan fingerprint density at radius 2 is 1.65 bits per heavy atom. The van der Waals surface area contributed by atoms with Crippen molar-refractivity contribution in [1.82, 2.24) is 4.31 Å². The molecule has 5 nitrogen and oxygen atoms in total. The number of hydrogen-bond acceptors (Lipinski definition) is 4. The molecule has 8 heteroatoms. The lowest BCUT2D eigenvalue weighted by atomic mass is 10.2. The zero-order valence-corrected chi connectivity index (χ0v) is 13.4. The van der Waals surface area contributed by atoms with E-state index in [0.717, 1.165) is 31.6 Å². The fourth-order valence-corrected chi connectivity index (χ4v) is 4.90. The molecule has 1 heterocycles. The Morgan fingerprint density at radius 1 is 1.05 bits per heavy atom. The van der Waals surface area contributed by atoms with E-state index in [2.05, 4.69) is 0 Å². The Morgan fingerprint density at radius 3 is 2.20 bits per heavy atom. The number of benzene rings is 1. The van der Waals surface area contributed by atoms with Gasteiger partial charge < -0.3 is 0 Å². The summed E-state index contributed by atoms with van der Waals surface area (Å²) in [6.45, 7) is 0.892. The molecule has 0 aliphatic carbocycles. The lowest BCUT2D eigenvalue weighted by Gasteiger charge is -2.26. The standard InChI is InChI=1S/C12H16ClNO4S2/c1-19(15,16)10-5-6-11(13)12(9-10)20(17,18)14-7-3-2-4-8-14/h5-6,9H,2-4,7-8H2,1H3. The normalized spacial score (nSPS) is 18.1. The van der Waals surface area contributed by atoms with E-state index in [1.807, 2.05) is 0 Å². The molecule has 0 spiro atoms. The van der Waals surface area contributed by atoms with Gasteiger partial charge in [0.1, 0.15) is 4.90 Å². The number of sulfonamides is 1. The average molecular weight is 338 g/mol. The van der Waals surface area contributed by atoms with Gasteiger partial charge in [0, 0.05) is 19.3 Å². The van der Waals surface area contributed by atoms with Crippen molar-refractivity contribution in [3.05, 3.63) is 23.2 Å². The summed E-state index contributed by atoms with van der Waals surface area (Å²) in [6, 6.07) is 3.77. The largest absolute Gasteiger partial charge is 0.244 e. The molecular formula is C12H16ClNO4S2. The van der Waals surface area contributed by atoms with Gasteiger partial charge in [0.05, 0.1) is 9.92 Å². The van der Waals surface area contributed by atoms with Gasteiger partial charge >= 0.3 is 0 Å². The first-order valence-electron chi connectivity index (χ1n) is 6.23. The molecule has 1 saturated heterocycles. The number of halogens is 1. The van der Waals surface area contributed by atoms with Crippen LogP contribution in [0.1, 0.15) is 19.3 Å². The molecule has 0 atom stereocenters. The Kier molecular flexibility index (Phi) is 4.44. The van der Waals surface area contributed by atoms with E-state index in [1.54, 1.807) is 0 Å². The van der Waals surface area contributed by atoms with Crippen LogP contribution in [0.4, 0.5) is 0 Å². The van der Waals surface area contributed by atoms with Crippen molar-refractivity contribution in [3.63, 3.8) is 0 Å². The zero-order chi connectivity index (χ0) is 15.0. The highest BCUT2D eigenvalue weighted by Crippen LogP contribution is 2.29. The second-order valence-electron chi connectivity index (χ2n) is 4.83. The molecule has 0 radical (unpaired) electrons. The van der Waals surface area contributed by atoms with Crippen molar-refractivity contribution in [1.29, 1.82) is 0 Å². The van der Waals surface area contributed by atoms with Crippen LogP contribution in [-0.2, 0) is 19.9 Å². The molecule has 20 heavy (non-hydrogen) atoms. The number of hydrogen-bond donors (Lipinski definition) is 0. The fourth-order valence-electron chi connectivity index (χ4n) is 2.16. The molecule has 0 bridgehead atoms. The van der Waals surface area contributed by atoms with Gasteiger partial charge in [-0.05, 0) is 31.0 Å². The smallest absolute Gasteiger partial charge is 0.224 e. The van der Waals surface area contributed by atoms with Crippen LogP contribution in [0.2, 0.25) is 5.02 Å². The average Bonchev–Trinajstić information content (AvgIpc) is 2.38. The van der Waals surface area contributed by atoms with Crippen LogP contribution in [-0.4, -0.2) is 40.5 Å². The first-order valence-corrected chi connectivity index (χ1v) is 9.93. The van der Waals surface area contributed by atoms with Crippen LogP contribution < -0.4 is 0 Å². The highest BCUT2D eigenvalue weighted by atomic mass is 35.5. The third-order valence-electron chi connectivity index (χ3n) is 3.26. The summed E-state index contributed by atoms with van der Waals surface area (Å²) in [5.74, 6) is 0. The van der Waals surface area contributed by atoms with Crippen LogP contribution in [0.5, 0.6) is 0 Å². The van der Waals surface area contributed by atoms with Gasteiger partial charge in [-0.25, -0.2) is 16.8 Å². The van der Waals surface area contributed by atoms with Gasteiger partial charge in [-0.15, -0.1) is 0 Å². The molecule has 1 aliphatic rings. The van der Waals surface area contributed by atoms with Gasteiger partial charge in [0.2, 0.25) is 10.0 Å². The summed E-state index contributed by atoms with van der Waals surface area (Å²) >= 11 is 5.95. The molecule has 112 valence electrons. The van der Waals surface area contributed by atoms with E-state index in [4.69, 9.17) is 11.6 Å². The Bertz CT molecular complexity index is 707. The van der Waals surface area contributed by atoms with Gasteiger partial charge in [-0.2, -0.15) is 4.31 Å². The van der Waals surface area contributed by atoms with E-state index >= 15 is 0 Å².